The summed E-state index contributed by atoms with van der Waals surface area (Å²) in [4.78, 5) is 4.56. The number of imidazole rings is 1. The van der Waals surface area contributed by atoms with Crippen molar-refractivity contribution in [1.82, 2.24) is 9.55 Å². The molecule has 0 amide bonds. The van der Waals surface area contributed by atoms with E-state index in [0.717, 1.165) is 25.2 Å². The van der Waals surface area contributed by atoms with Crippen LogP contribution in [0.1, 0.15) is 17.9 Å². The molecule has 0 aliphatic carbocycles. The van der Waals surface area contributed by atoms with Gasteiger partial charge in [-0.05, 0) is 19.4 Å². The first-order valence-electron chi connectivity index (χ1n) is 4.81. The molecule has 2 heterocycles. The molecule has 4 nitrogen and oxygen atoms in total. The summed E-state index contributed by atoms with van der Waals surface area (Å²) in [6.45, 7) is 1.73. The molecule has 0 aromatic carbocycles. The highest BCUT2D eigenvalue weighted by Crippen LogP contribution is 2.21. The van der Waals surface area contributed by atoms with Crippen LogP contribution in [0, 0.1) is 0 Å². The average molecular weight is 180 g/mol. The lowest BCUT2D eigenvalue weighted by Gasteiger charge is -2.14. The van der Waals surface area contributed by atoms with Gasteiger partial charge in [-0.1, -0.05) is 0 Å². The molecule has 1 aliphatic rings. The molecular weight excluding hydrogens is 164 g/mol. The molecule has 0 unspecified atom stereocenters. The number of hydrogen-bond donors (Lipinski definition) is 2. The predicted molar refractivity (Wildman–Crippen MR) is 52.8 cm³/mol. The highest BCUT2D eigenvalue weighted by Gasteiger charge is 2.16. The molecule has 1 aromatic rings. The van der Waals surface area contributed by atoms with Crippen LogP contribution < -0.4 is 11.1 Å². The minimum atomic E-state index is 0.670. The Balaban J connectivity index is 2.33. The number of nitrogens with one attached hydrogen (secondary N) is 1. The molecular formula is C9H16N4. The molecule has 0 atom stereocenters. The Morgan fingerprint density at radius 3 is 3.15 bits per heavy atom. The zero-order chi connectivity index (χ0) is 9.26. The van der Waals surface area contributed by atoms with E-state index in [9.17, 15) is 0 Å². The van der Waals surface area contributed by atoms with E-state index in [1.807, 2.05) is 0 Å². The van der Waals surface area contributed by atoms with Crippen LogP contribution in [0.5, 0.6) is 0 Å². The normalized spacial score (nSPS) is 15.2. The fourth-order valence-corrected chi connectivity index (χ4v) is 1.82. The van der Waals surface area contributed by atoms with Crippen LogP contribution in [-0.4, -0.2) is 22.6 Å². The van der Waals surface area contributed by atoms with E-state index in [2.05, 4.69) is 21.9 Å². The van der Waals surface area contributed by atoms with Gasteiger partial charge in [0, 0.05) is 20.0 Å². The Kier molecular flexibility index (Phi) is 2.22. The monoisotopic (exact) mass is 180 g/mol. The Morgan fingerprint density at radius 1 is 1.62 bits per heavy atom. The lowest BCUT2D eigenvalue weighted by atomic mass is 10.2. The standard InChI is InChI=1S/C9H16N4/c1-13-8(4-5-10)12-7-3-2-6-11-9(7)13/h11H,2-6,10H2,1H3. The van der Waals surface area contributed by atoms with Gasteiger partial charge in [0.1, 0.15) is 11.6 Å². The number of anilines is 1. The summed E-state index contributed by atoms with van der Waals surface area (Å²) in [5.41, 5.74) is 6.72. The number of nitrogens with two attached hydrogens (primary N) is 1. The van der Waals surface area contributed by atoms with Crippen molar-refractivity contribution in [2.75, 3.05) is 18.4 Å². The van der Waals surface area contributed by atoms with Crippen LogP contribution in [0.15, 0.2) is 0 Å². The molecule has 0 spiro atoms. The smallest absolute Gasteiger partial charge is 0.129 e. The van der Waals surface area contributed by atoms with E-state index >= 15 is 0 Å². The van der Waals surface area contributed by atoms with Crippen LogP contribution in [-0.2, 0) is 19.9 Å². The van der Waals surface area contributed by atoms with Gasteiger partial charge in [-0.2, -0.15) is 0 Å². The maximum Gasteiger partial charge on any atom is 0.129 e. The SMILES string of the molecule is Cn1c(CCN)nc2c1NCCC2. The van der Waals surface area contributed by atoms with Crippen molar-refractivity contribution >= 4 is 5.82 Å². The molecule has 13 heavy (non-hydrogen) atoms. The summed E-state index contributed by atoms with van der Waals surface area (Å²) in [6.07, 6.45) is 3.15. The van der Waals surface area contributed by atoms with Gasteiger partial charge in [-0.15, -0.1) is 0 Å². The molecule has 1 aromatic heterocycles. The van der Waals surface area contributed by atoms with Gasteiger partial charge in [-0.25, -0.2) is 4.98 Å². The van der Waals surface area contributed by atoms with E-state index in [0.29, 0.717) is 6.54 Å². The molecule has 0 radical (unpaired) electrons. The molecule has 2 rings (SSSR count). The Labute approximate surface area is 78.1 Å². The van der Waals surface area contributed by atoms with E-state index in [-0.39, 0.29) is 0 Å². The number of hydrogen-bond acceptors (Lipinski definition) is 3. The molecule has 3 N–H and O–H groups in total. The van der Waals surface area contributed by atoms with Crippen LogP contribution in [0.4, 0.5) is 5.82 Å². The van der Waals surface area contributed by atoms with Crippen LogP contribution in [0.3, 0.4) is 0 Å². The van der Waals surface area contributed by atoms with E-state index in [4.69, 9.17) is 5.73 Å². The summed E-state index contributed by atoms with van der Waals surface area (Å²) >= 11 is 0. The highest BCUT2D eigenvalue weighted by molar-refractivity contribution is 5.45. The molecule has 0 saturated carbocycles. The third kappa shape index (κ3) is 1.42. The van der Waals surface area contributed by atoms with Gasteiger partial charge in [0.2, 0.25) is 0 Å². The molecule has 4 heteroatoms. The third-order valence-corrected chi connectivity index (χ3v) is 2.51. The quantitative estimate of drug-likeness (QED) is 0.687. The van der Waals surface area contributed by atoms with Crippen molar-refractivity contribution in [3.8, 4) is 0 Å². The van der Waals surface area contributed by atoms with E-state index in [1.165, 1.54) is 17.9 Å². The number of rotatable bonds is 2. The summed E-state index contributed by atoms with van der Waals surface area (Å²) in [7, 11) is 2.05. The van der Waals surface area contributed by atoms with Gasteiger partial charge in [0.25, 0.3) is 0 Å². The summed E-state index contributed by atoms with van der Waals surface area (Å²) < 4.78 is 2.13. The van der Waals surface area contributed by atoms with Crippen molar-refractivity contribution in [2.24, 2.45) is 12.8 Å². The number of aromatic nitrogens is 2. The molecule has 1 aliphatic heterocycles. The minimum Gasteiger partial charge on any atom is -0.370 e. The first-order valence-corrected chi connectivity index (χ1v) is 4.81. The second-order valence-corrected chi connectivity index (χ2v) is 3.45. The van der Waals surface area contributed by atoms with Crippen LogP contribution in [0.25, 0.3) is 0 Å². The summed E-state index contributed by atoms with van der Waals surface area (Å²) in [5.74, 6) is 2.29. The molecule has 0 saturated heterocycles. The van der Waals surface area contributed by atoms with Crippen molar-refractivity contribution in [3.05, 3.63) is 11.5 Å². The zero-order valence-electron chi connectivity index (χ0n) is 8.01. The molecule has 72 valence electrons. The number of aryl methyl sites for hydroxylation is 1. The predicted octanol–water partition coefficient (Wildman–Crippen LogP) is 0.279. The summed E-state index contributed by atoms with van der Waals surface area (Å²) in [5, 5.41) is 3.37. The maximum absolute atomic E-state index is 5.51. The lowest BCUT2D eigenvalue weighted by molar-refractivity contribution is 0.773. The van der Waals surface area contributed by atoms with Crippen molar-refractivity contribution in [3.63, 3.8) is 0 Å². The Morgan fingerprint density at radius 2 is 2.46 bits per heavy atom. The Bertz CT molecular complexity index is 303. The second kappa shape index (κ2) is 3.38. The van der Waals surface area contributed by atoms with Gasteiger partial charge >= 0.3 is 0 Å². The Hall–Kier alpha value is -1.03. The number of fused-ring (bicyclic) bond motifs is 1. The first kappa shape index (κ1) is 8.56. The average Bonchev–Trinajstić information content (AvgIpc) is 2.46. The highest BCUT2D eigenvalue weighted by atomic mass is 15.2. The fraction of sp³-hybridized carbons (Fsp3) is 0.667. The number of nitrogens with zero attached hydrogens (tertiary/aromatic N) is 2. The lowest BCUT2D eigenvalue weighted by Crippen LogP contribution is -2.14. The van der Waals surface area contributed by atoms with Crippen molar-refractivity contribution in [1.29, 1.82) is 0 Å². The maximum atomic E-state index is 5.51. The van der Waals surface area contributed by atoms with Crippen LogP contribution in [0.2, 0.25) is 0 Å². The van der Waals surface area contributed by atoms with Gasteiger partial charge in [-0.3, -0.25) is 0 Å². The van der Waals surface area contributed by atoms with Gasteiger partial charge < -0.3 is 15.6 Å². The summed E-state index contributed by atoms with van der Waals surface area (Å²) in [6, 6.07) is 0. The fourth-order valence-electron chi connectivity index (χ4n) is 1.82. The van der Waals surface area contributed by atoms with Crippen molar-refractivity contribution < 1.29 is 0 Å². The van der Waals surface area contributed by atoms with E-state index < -0.39 is 0 Å². The minimum absolute atomic E-state index is 0.670. The van der Waals surface area contributed by atoms with Crippen LogP contribution >= 0.6 is 0 Å². The van der Waals surface area contributed by atoms with Gasteiger partial charge in [0.05, 0.1) is 5.69 Å². The van der Waals surface area contributed by atoms with Crippen molar-refractivity contribution in [2.45, 2.75) is 19.3 Å². The van der Waals surface area contributed by atoms with E-state index in [1.54, 1.807) is 0 Å². The largest absolute Gasteiger partial charge is 0.370 e. The zero-order valence-corrected chi connectivity index (χ0v) is 8.01. The third-order valence-electron chi connectivity index (χ3n) is 2.51. The molecule has 0 fully saturated rings. The topological polar surface area (TPSA) is 55.9 Å². The molecule has 0 bridgehead atoms. The second-order valence-electron chi connectivity index (χ2n) is 3.45. The first-order chi connectivity index (χ1) is 6.33. The van der Waals surface area contributed by atoms with Gasteiger partial charge in [0.15, 0.2) is 0 Å².